The highest BCUT2D eigenvalue weighted by atomic mass is 32.2. The molecule has 0 amide bonds. The number of methoxy groups -OCH3 is 2. The normalized spacial score (nSPS) is 26.6. The zero-order valence-electron chi connectivity index (χ0n) is 11.5. The molecule has 0 aliphatic carbocycles. The Bertz CT molecular complexity index is 416. The van der Waals surface area contributed by atoms with E-state index < -0.39 is 0 Å². The van der Waals surface area contributed by atoms with Crippen LogP contribution in [0.3, 0.4) is 0 Å². The van der Waals surface area contributed by atoms with Gasteiger partial charge in [-0.15, -0.1) is 0 Å². The van der Waals surface area contributed by atoms with E-state index in [1.54, 1.807) is 26.0 Å². The number of aryl methyl sites for hydroxylation is 1. The second-order valence-electron chi connectivity index (χ2n) is 4.51. The topological polar surface area (TPSA) is 27.7 Å². The molecular formula is C15H20O3S. The molecule has 104 valence electrons. The van der Waals surface area contributed by atoms with Crippen molar-refractivity contribution in [1.82, 2.24) is 0 Å². The van der Waals surface area contributed by atoms with Crippen molar-refractivity contribution < 1.29 is 14.2 Å². The summed E-state index contributed by atoms with van der Waals surface area (Å²) in [6.07, 6.45) is 4.02. The van der Waals surface area contributed by atoms with Crippen LogP contribution in [-0.4, -0.2) is 38.5 Å². The van der Waals surface area contributed by atoms with Crippen molar-refractivity contribution in [3.8, 4) is 0 Å². The average Bonchev–Trinajstić information content (AvgIpc) is 2.42. The van der Waals surface area contributed by atoms with E-state index in [0.717, 1.165) is 0 Å². The molecule has 0 aromatic heterocycles. The molecule has 0 saturated heterocycles. The van der Waals surface area contributed by atoms with Gasteiger partial charge in [0, 0.05) is 19.1 Å². The molecule has 1 unspecified atom stereocenters. The Balaban J connectivity index is 1.99. The van der Waals surface area contributed by atoms with E-state index >= 15 is 0 Å². The second kappa shape index (κ2) is 7.10. The summed E-state index contributed by atoms with van der Waals surface area (Å²) < 4.78 is 16.5. The molecule has 0 bridgehead atoms. The second-order valence-corrected chi connectivity index (χ2v) is 5.69. The van der Waals surface area contributed by atoms with E-state index in [-0.39, 0.29) is 17.6 Å². The van der Waals surface area contributed by atoms with Crippen LogP contribution in [0.15, 0.2) is 41.3 Å². The molecule has 1 heterocycles. The van der Waals surface area contributed by atoms with Crippen molar-refractivity contribution in [2.24, 2.45) is 0 Å². The monoisotopic (exact) mass is 280 g/mol. The Kier molecular flexibility index (Phi) is 5.45. The minimum atomic E-state index is -0.0528. The largest absolute Gasteiger partial charge is 0.382 e. The molecule has 0 saturated carbocycles. The van der Waals surface area contributed by atoms with Gasteiger partial charge in [-0.3, -0.25) is 0 Å². The zero-order chi connectivity index (χ0) is 13.7. The van der Waals surface area contributed by atoms with E-state index in [1.807, 2.05) is 6.08 Å². The molecule has 1 aliphatic heterocycles. The first-order chi connectivity index (χ1) is 9.22. The zero-order valence-corrected chi connectivity index (χ0v) is 12.4. The SMILES string of the molecule is COC[C@H]1OC(Sc2ccc(C)cc2)C=C[C@@H]1OC. The third kappa shape index (κ3) is 4.08. The summed E-state index contributed by atoms with van der Waals surface area (Å²) in [5.41, 5.74) is 1.27. The molecule has 1 aromatic carbocycles. The van der Waals surface area contributed by atoms with Gasteiger partial charge in [0.1, 0.15) is 17.6 Å². The maximum atomic E-state index is 5.99. The predicted octanol–water partition coefficient (Wildman–Crippen LogP) is 3.03. The Hall–Kier alpha value is -0.810. The van der Waals surface area contributed by atoms with Crippen molar-refractivity contribution in [1.29, 1.82) is 0 Å². The molecule has 4 heteroatoms. The van der Waals surface area contributed by atoms with E-state index in [0.29, 0.717) is 6.61 Å². The van der Waals surface area contributed by atoms with Gasteiger partial charge in [0.25, 0.3) is 0 Å². The van der Waals surface area contributed by atoms with Gasteiger partial charge in [0.15, 0.2) is 0 Å². The molecule has 2 rings (SSSR count). The van der Waals surface area contributed by atoms with Gasteiger partial charge in [-0.05, 0) is 25.1 Å². The van der Waals surface area contributed by atoms with Crippen LogP contribution in [0.1, 0.15) is 5.56 Å². The van der Waals surface area contributed by atoms with Crippen molar-refractivity contribution in [2.45, 2.75) is 29.5 Å². The smallest absolute Gasteiger partial charge is 0.126 e. The highest BCUT2D eigenvalue weighted by Gasteiger charge is 2.27. The number of benzene rings is 1. The maximum Gasteiger partial charge on any atom is 0.126 e. The van der Waals surface area contributed by atoms with E-state index in [1.165, 1.54) is 10.5 Å². The van der Waals surface area contributed by atoms with Gasteiger partial charge in [-0.25, -0.2) is 0 Å². The summed E-state index contributed by atoms with van der Waals surface area (Å²) in [5, 5.41) is 0. The Morgan fingerprint density at radius 2 is 1.89 bits per heavy atom. The fourth-order valence-corrected chi connectivity index (χ4v) is 2.90. The lowest BCUT2D eigenvalue weighted by Gasteiger charge is -2.30. The van der Waals surface area contributed by atoms with Crippen LogP contribution >= 0.6 is 11.8 Å². The molecule has 1 aliphatic rings. The van der Waals surface area contributed by atoms with Crippen LogP contribution in [0, 0.1) is 6.92 Å². The molecule has 0 N–H and O–H groups in total. The molecule has 0 radical (unpaired) electrons. The molecule has 0 fully saturated rings. The third-order valence-electron chi connectivity index (χ3n) is 3.01. The molecule has 3 atom stereocenters. The van der Waals surface area contributed by atoms with E-state index in [2.05, 4.69) is 37.3 Å². The molecule has 19 heavy (non-hydrogen) atoms. The number of hydrogen-bond acceptors (Lipinski definition) is 4. The van der Waals surface area contributed by atoms with Crippen LogP contribution in [0.25, 0.3) is 0 Å². The summed E-state index contributed by atoms with van der Waals surface area (Å²) in [7, 11) is 3.37. The predicted molar refractivity (Wildman–Crippen MR) is 77.5 cm³/mol. The summed E-state index contributed by atoms with van der Waals surface area (Å²) in [4.78, 5) is 1.20. The van der Waals surface area contributed by atoms with Gasteiger partial charge in [0.2, 0.25) is 0 Å². The fraction of sp³-hybridized carbons (Fsp3) is 0.467. The molecule has 1 aromatic rings. The highest BCUT2D eigenvalue weighted by molar-refractivity contribution is 8.00. The van der Waals surface area contributed by atoms with Gasteiger partial charge < -0.3 is 14.2 Å². The summed E-state index contributed by atoms with van der Waals surface area (Å²) in [6.45, 7) is 2.62. The van der Waals surface area contributed by atoms with Gasteiger partial charge in [0.05, 0.1) is 6.61 Å². The first-order valence-corrected chi connectivity index (χ1v) is 7.19. The van der Waals surface area contributed by atoms with Crippen molar-refractivity contribution >= 4 is 11.8 Å². The number of ether oxygens (including phenoxy) is 3. The highest BCUT2D eigenvalue weighted by Crippen LogP contribution is 2.29. The summed E-state index contributed by atoms with van der Waals surface area (Å²) in [5.74, 6) is 0. The first kappa shape index (κ1) is 14.6. The van der Waals surface area contributed by atoms with Crippen molar-refractivity contribution in [3.05, 3.63) is 42.0 Å². The van der Waals surface area contributed by atoms with E-state index in [4.69, 9.17) is 14.2 Å². The van der Waals surface area contributed by atoms with Crippen LogP contribution in [0.2, 0.25) is 0 Å². The molecule has 0 spiro atoms. The first-order valence-electron chi connectivity index (χ1n) is 6.32. The summed E-state index contributed by atoms with van der Waals surface area (Å²) in [6, 6.07) is 8.45. The van der Waals surface area contributed by atoms with Crippen LogP contribution in [-0.2, 0) is 14.2 Å². The van der Waals surface area contributed by atoms with Gasteiger partial charge in [-0.2, -0.15) is 0 Å². The van der Waals surface area contributed by atoms with Gasteiger partial charge >= 0.3 is 0 Å². The van der Waals surface area contributed by atoms with E-state index in [9.17, 15) is 0 Å². The van der Waals surface area contributed by atoms with Crippen LogP contribution in [0.4, 0.5) is 0 Å². The number of thioether (sulfide) groups is 1. The quantitative estimate of drug-likeness (QED) is 0.775. The average molecular weight is 280 g/mol. The number of hydrogen-bond donors (Lipinski definition) is 0. The molecule has 3 nitrogen and oxygen atoms in total. The Labute approximate surface area is 118 Å². The maximum absolute atomic E-state index is 5.99. The van der Waals surface area contributed by atoms with Crippen LogP contribution in [0.5, 0.6) is 0 Å². The lowest BCUT2D eigenvalue weighted by atomic mass is 10.1. The Morgan fingerprint density at radius 1 is 1.16 bits per heavy atom. The minimum absolute atomic E-state index is 0.00857. The standard InChI is InChI=1S/C15H20O3S/c1-11-4-6-12(7-5-11)19-15-9-8-13(17-3)14(18-15)10-16-2/h4-9,13-15H,10H2,1-3H3/t13-,14+,15?/m0/s1. The van der Waals surface area contributed by atoms with Crippen LogP contribution < -0.4 is 0 Å². The number of rotatable bonds is 5. The minimum Gasteiger partial charge on any atom is -0.382 e. The lowest BCUT2D eigenvalue weighted by molar-refractivity contribution is -0.0762. The fourth-order valence-electron chi connectivity index (χ4n) is 1.97. The summed E-state index contributed by atoms with van der Waals surface area (Å²) >= 11 is 1.70. The lowest BCUT2D eigenvalue weighted by Crippen LogP contribution is -2.38. The third-order valence-corrected chi connectivity index (χ3v) is 4.05. The molecular weight excluding hydrogens is 260 g/mol. The van der Waals surface area contributed by atoms with Crippen molar-refractivity contribution in [3.63, 3.8) is 0 Å². The van der Waals surface area contributed by atoms with Gasteiger partial charge in [-0.1, -0.05) is 35.5 Å². The Morgan fingerprint density at radius 3 is 2.53 bits per heavy atom. The van der Waals surface area contributed by atoms with Crippen molar-refractivity contribution in [2.75, 3.05) is 20.8 Å².